The molecule has 1 unspecified atom stereocenters. The Balaban J connectivity index is 1.51. The molecule has 0 radical (unpaired) electrons. The van der Waals surface area contributed by atoms with Gasteiger partial charge in [-0.1, -0.05) is 30.3 Å². The molecule has 0 bridgehead atoms. The number of rotatable bonds is 6. The number of anilines is 1. The van der Waals surface area contributed by atoms with Crippen molar-refractivity contribution in [3.8, 4) is 0 Å². The maximum Gasteiger partial charge on any atom is 0.258 e. The van der Waals surface area contributed by atoms with Crippen LogP contribution in [0.3, 0.4) is 0 Å². The third kappa shape index (κ3) is 4.56. The molecule has 6 heteroatoms. The fourth-order valence-electron chi connectivity index (χ4n) is 3.46. The number of nitrogens with one attached hydrogen (secondary N) is 2. The van der Waals surface area contributed by atoms with Crippen molar-refractivity contribution in [1.82, 2.24) is 9.97 Å². The first kappa shape index (κ1) is 19.0. The van der Waals surface area contributed by atoms with Crippen LogP contribution in [-0.2, 0) is 10.5 Å². The topological polar surface area (TPSA) is 67.0 Å². The molecule has 2 aromatic carbocycles. The minimum Gasteiger partial charge on any atom is -0.381 e. The molecule has 5 nitrogen and oxygen atoms in total. The third-order valence-corrected chi connectivity index (χ3v) is 6.45. The quantitative estimate of drug-likeness (QED) is 0.643. The Morgan fingerprint density at radius 2 is 2.00 bits per heavy atom. The normalized spacial score (nSPS) is 16.2. The monoisotopic (exact) mass is 395 g/mol. The fourth-order valence-corrected chi connectivity index (χ4v) is 4.52. The number of thioether (sulfide) groups is 1. The predicted octanol–water partition coefficient (Wildman–Crippen LogP) is 4.51. The summed E-state index contributed by atoms with van der Waals surface area (Å²) in [6.45, 7) is 3.78. The van der Waals surface area contributed by atoms with Gasteiger partial charge >= 0.3 is 0 Å². The van der Waals surface area contributed by atoms with Gasteiger partial charge in [0.25, 0.3) is 5.56 Å². The molecule has 2 N–H and O–H groups in total. The summed E-state index contributed by atoms with van der Waals surface area (Å²) in [4.78, 5) is 20.1. The average Bonchev–Trinajstić information content (AvgIpc) is 2.73. The van der Waals surface area contributed by atoms with Crippen molar-refractivity contribution in [3.63, 3.8) is 0 Å². The molecule has 0 spiro atoms. The van der Waals surface area contributed by atoms with Gasteiger partial charge in [-0.15, -0.1) is 0 Å². The first-order valence-electron chi connectivity index (χ1n) is 9.73. The van der Waals surface area contributed by atoms with Crippen LogP contribution >= 0.6 is 11.8 Å². The minimum atomic E-state index is -0.0739. The molecule has 1 atom stereocenters. The summed E-state index contributed by atoms with van der Waals surface area (Å²) in [6, 6.07) is 16.2. The van der Waals surface area contributed by atoms with E-state index in [-0.39, 0.29) is 11.6 Å². The number of benzene rings is 2. The molecule has 0 amide bonds. The second-order valence-electron chi connectivity index (χ2n) is 7.14. The molecule has 4 rings (SSSR count). The highest BCUT2D eigenvalue weighted by molar-refractivity contribution is 7.99. The van der Waals surface area contributed by atoms with Crippen LogP contribution in [0.1, 0.15) is 37.2 Å². The molecule has 1 aliphatic rings. The standard InChI is InChI=1S/C22H25N3O2S/c1-15(16-5-3-2-4-6-16)23-17-7-8-19-20(13-17)24-21(25-22(19)26)14-28-18-9-11-27-12-10-18/h2-8,13,15,18,23H,9-12,14H2,1H3,(H,24,25,26). The predicted molar refractivity (Wildman–Crippen MR) is 116 cm³/mol. The summed E-state index contributed by atoms with van der Waals surface area (Å²) < 4.78 is 5.41. The Morgan fingerprint density at radius 3 is 2.79 bits per heavy atom. The second-order valence-corrected chi connectivity index (χ2v) is 8.43. The molecule has 0 saturated carbocycles. The minimum absolute atomic E-state index is 0.0739. The van der Waals surface area contributed by atoms with E-state index in [1.165, 1.54) is 5.56 Å². The van der Waals surface area contributed by atoms with E-state index in [1.807, 2.05) is 48.2 Å². The van der Waals surface area contributed by atoms with E-state index in [4.69, 9.17) is 9.72 Å². The van der Waals surface area contributed by atoms with Gasteiger partial charge in [0.15, 0.2) is 0 Å². The Labute approximate surface area is 168 Å². The molecule has 1 aromatic heterocycles. The van der Waals surface area contributed by atoms with Crippen molar-refractivity contribution in [2.75, 3.05) is 18.5 Å². The summed E-state index contributed by atoms with van der Waals surface area (Å²) >= 11 is 1.85. The Kier molecular flexibility index (Phi) is 5.98. The summed E-state index contributed by atoms with van der Waals surface area (Å²) in [7, 11) is 0. The van der Waals surface area contributed by atoms with Gasteiger partial charge < -0.3 is 15.0 Å². The van der Waals surface area contributed by atoms with Crippen LogP contribution in [0.15, 0.2) is 53.3 Å². The Hall–Kier alpha value is -2.31. The lowest BCUT2D eigenvalue weighted by molar-refractivity contribution is 0.1000. The van der Waals surface area contributed by atoms with E-state index in [1.54, 1.807) is 0 Å². The zero-order valence-corrected chi connectivity index (χ0v) is 16.8. The first-order valence-corrected chi connectivity index (χ1v) is 10.8. The second kappa shape index (κ2) is 8.80. The lowest BCUT2D eigenvalue weighted by Crippen LogP contribution is -2.18. The van der Waals surface area contributed by atoms with Crippen molar-refractivity contribution in [3.05, 3.63) is 70.3 Å². The van der Waals surface area contributed by atoms with E-state index in [9.17, 15) is 4.79 Å². The highest BCUT2D eigenvalue weighted by Gasteiger charge is 2.15. The molecule has 28 heavy (non-hydrogen) atoms. The number of ether oxygens (including phenoxy) is 1. The van der Waals surface area contributed by atoms with Crippen LogP contribution in [0.5, 0.6) is 0 Å². The zero-order valence-electron chi connectivity index (χ0n) is 16.0. The molecular weight excluding hydrogens is 370 g/mol. The molecule has 0 aliphatic carbocycles. The van der Waals surface area contributed by atoms with E-state index in [2.05, 4.69) is 29.4 Å². The molecule has 146 valence electrons. The van der Waals surface area contributed by atoms with E-state index in [0.717, 1.165) is 43.1 Å². The summed E-state index contributed by atoms with van der Waals surface area (Å²) in [5, 5.41) is 4.70. The van der Waals surface area contributed by atoms with Crippen molar-refractivity contribution >= 4 is 28.4 Å². The Bertz CT molecular complexity index is 984. The Morgan fingerprint density at radius 1 is 1.21 bits per heavy atom. The van der Waals surface area contributed by atoms with Crippen LogP contribution in [0.25, 0.3) is 10.9 Å². The zero-order chi connectivity index (χ0) is 19.3. The smallest absolute Gasteiger partial charge is 0.258 e. The van der Waals surface area contributed by atoms with Crippen LogP contribution < -0.4 is 10.9 Å². The summed E-state index contributed by atoms with van der Waals surface area (Å²) in [6.07, 6.45) is 2.13. The number of hydrogen-bond acceptors (Lipinski definition) is 5. The van der Waals surface area contributed by atoms with Crippen LogP contribution in [0.4, 0.5) is 5.69 Å². The van der Waals surface area contributed by atoms with Gasteiger partial charge in [0, 0.05) is 30.2 Å². The fraction of sp³-hybridized carbons (Fsp3) is 0.364. The highest BCUT2D eigenvalue weighted by atomic mass is 32.2. The molecule has 2 heterocycles. The van der Waals surface area contributed by atoms with Crippen molar-refractivity contribution in [1.29, 1.82) is 0 Å². The van der Waals surface area contributed by atoms with Crippen molar-refractivity contribution in [2.45, 2.75) is 36.8 Å². The number of aromatic amines is 1. The van der Waals surface area contributed by atoms with Gasteiger partial charge in [0.1, 0.15) is 5.82 Å². The van der Waals surface area contributed by atoms with Crippen molar-refractivity contribution in [2.24, 2.45) is 0 Å². The number of fused-ring (bicyclic) bond motifs is 1. The van der Waals surface area contributed by atoms with Gasteiger partial charge in [0.05, 0.1) is 16.7 Å². The number of nitrogens with zero attached hydrogens (tertiary/aromatic N) is 1. The summed E-state index contributed by atoms with van der Waals surface area (Å²) in [5.41, 5.74) is 2.84. The maximum atomic E-state index is 12.5. The molecule has 1 fully saturated rings. The van der Waals surface area contributed by atoms with E-state index >= 15 is 0 Å². The van der Waals surface area contributed by atoms with Gasteiger partial charge in [-0.05, 0) is 43.5 Å². The first-order chi connectivity index (χ1) is 13.7. The third-order valence-electron chi connectivity index (χ3n) is 5.06. The lowest BCUT2D eigenvalue weighted by atomic mass is 10.1. The lowest BCUT2D eigenvalue weighted by Gasteiger charge is -2.21. The van der Waals surface area contributed by atoms with Crippen LogP contribution in [0, 0.1) is 0 Å². The number of hydrogen-bond donors (Lipinski definition) is 2. The van der Waals surface area contributed by atoms with Crippen LogP contribution in [-0.4, -0.2) is 28.4 Å². The molecule has 1 aliphatic heterocycles. The SMILES string of the molecule is CC(Nc1ccc2c(=O)[nH]c(CSC3CCOCC3)nc2c1)c1ccccc1. The molecule has 1 saturated heterocycles. The molecular formula is C22H25N3O2S. The van der Waals surface area contributed by atoms with E-state index in [0.29, 0.717) is 16.4 Å². The largest absolute Gasteiger partial charge is 0.381 e. The van der Waals surface area contributed by atoms with Crippen molar-refractivity contribution < 1.29 is 4.74 Å². The van der Waals surface area contributed by atoms with Crippen LogP contribution in [0.2, 0.25) is 0 Å². The molecule has 3 aromatic rings. The van der Waals surface area contributed by atoms with Gasteiger partial charge in [-0.25, -0.2) is 4.98 Å². The maximum absolute atomic E-state index is 12.5. The average molecular weight is 396 g/mol. The van der Waals surface area contributed by atoms with Gasteiger partial charge in [-0.2, -0.15) is 11.8 Å². The highest BCUT2D eigenvalue weighted by Crippen LogP contribution is 2.25. The summed E-state index contributed by atoms with van der Waals surface area (Å²) in [5.74, 6) is 1.45. The van der Waals surface area contributed by atoms with E-state index < -0.39 is 0 Å². The number of H-pyrrole nitrogens is 1. The van der Waals surface area contributed by atoms with Gasteiger partial charge in [-0.3, -0.25) is 4.79 Å². The number of aromatic nitrogens is 2. The van der Waals surface area contributed by atoms with Gasteiger partial charge in [0.2, 0.25) is 0 Å².